The first-order chi connectivity index (χ1) is 9.58. The predicted octanol–water partition coefficient (Wildman–Crippen LogP) is 2.92. The molecule has 1 aromatic carbocycles. The minimum absolute atomic E-state index is 0.0146. The maximum Gasteiger partial charge on any atom is 0.258 e. The number of aromatic hydroxyl groups is 2. The minimum Gasteiger partial charge on any atom is -0.508 e. The van der Waals surface area contributed by atoms with Crippen LogP contribution in [0.25, 0.3) is 0 Å². The molecule has 104 valence electrons. The summed E-state index contributed by atoms with van der Waals surface area (Å²) in [6.07, 6.45) is 0.836. The van der Waals surface area contributed by atoms with E-state index in [0.29, 0.717) is 6.54 Å². The Kier molecular flexibility index (Phi) is 3.14. The molecule has 2 aromatic rings. The van der Waals surface area contributed by atoms with Crippen LogP contribution in [0.5, 0.6) is 11.5 Å². The van der Waals surface area contributed by atoms with E-state index >= 15 is 0 Å². The average molecular weight is 289 g/mol. The second-order valence-electron chi connectivity index (χ2n) is 4.93. The summed E-state index contributed by atoms with van der Waals surface area (Å²) in [6.45, 7) is 2.62. The Morgan fingerprint density at radius 2 is 2.15 bits per heavy atom. The molecular formula is C15H15NO3S. The lowest BCUT2D eigenvalue weighted by Crippen LogP contribution is -2.38. The predicted molar refractivity (Wildman–Crippen MR) is 77.2 cm³/mol. The van der Waals surface area contributed by atoms with Gasteiger partial charge in [0.25, 0.3) is 5.91 Å². The molecule has 1 aliphatic heterocycles. The maximum absolute atomic E-state index is 12.6. The van der Waals surface area contributed by atoms with Gasteiger partial charge in [0.2, 0.25) is 0 Å². The second kappa shape index (κ2) is 4.83. The average Bonchev–Trinajstić information content (AvgIpc) is 2.90. The molecule has 20 heavy (non-hydrogen) atoms. The summed E-state index contributed by atoms with van der Waals surface area (Å²) in [5.41, 5.74) is 1.32. The number of nitrogens with zero attached hydrogens (tertiary/aromatic N) is 1. The fourth-order valence-corrected chi connectivity index (χ4v) is 3.60. The molecule has 3 rings (SSSR count). The number of phenolic OH excluding ortho intramolecular Hbond substituents is 2. The summed E-state index contributed by atoms with van der Waals surface area (Å²) in [4.78, 5) is 15.6. The summed E-state index contributed by atoms with van der Waals surface area (Å²) >= 11 is 1.72. The Morgan fingerprint density at radius 1 is 1.35 bits per heavy atom. The van der Waals surface area contributed by atoms with Crippen molar-refractivity contribution < 1.29 is 15.0 Å². The van der Waals surface area contributed by atoms with Crippen molar-refractivity contribution in [3.05, 3.63) is 45.6 Å². The lowest BCUT2D eigenvalue weighted by molar-refractivity contribution is 0.0676. The molecule has 0 saturated carbocycles. The highest BCUT2D eigenvalue weighted by Crippen LogP contribution is 2.35. The van der Waals surface area contributed by atoms with Gasteiger partial charge in [-0.25, -0.2) is 0 Å². The van der Waals surface area contributed by atoms with Crippen molar-refractivity contribution in [3.8, 4) is 11.5 Å². The minimum atomic E-state index is -0.247. The van der Waals surface area contributed by atoms with Crippen molar-refractivity contribution in [2.45, 2.75) is 19.4 Å². The Bertz CT molecular complexity index is 665. The molecule has 0 radical (unpaired) electrons. The number of hydrogen-bond donors (Lipinski definition) is 2. The van der Waals surface area contributed by atoms with Gasteiger partial charge in [0.05, 0.1) is 11.6 Å². The molecule has 5 heteroatoms. The van der Waals surface area contributed by atoms with E-state index in [-0.39, 0.29) is 29.0 Å². The number of phenols is 2. The van der Waals surface area contributed by atoms with E-state index in [1.165, 1.54) is 28.6 Å². The summed E-state index contributed by atoms with van der Waals surface area (Å²) < 4.78 is 0. The monoisotopic (exact) mass is 289 g/mol. The highest BCUT2D eigenvalue weighted by atomic mass is 32.1. The quantitative estimate of drug-likeness (QED) is 0.794. The van der Waals surface area contributed by atoms with E-state index in [4.69, 9.17) is 0 Å². The topological polar surface area (TPSA) is 60.8 Å². The lowest BCUT2D eigenvalue weighted by Gasteiger charge is -2.33. The van der Waals surface area contributed by atoms with Crippen LogP contribution in [-0.4, -0.2) is 27.6 Å². The maximum atomic E-state index is 12.6. The number of carbonyl (C=O) groups is 1. The zero-order chi connectivity index (χ0) is 14.3. The number of carbonyl (C=O) groups excluding carboxylic acids is 1. The van der Waals surface area contributed by atoms with Crippen LogP contribution >= 0.6 is 11.3 Å². The number of thiophene rings is 1. The highest BCUT2D eigenvalue weighted by Gasteiger charge is 2.30. The first-order valence-electron chi connectivity index (χ1n) is 6.47. The van der Waals surface area contributed by atoms with Crippen molar-refractivity contribution in [2.75, 3.05) is 6.54 Å². The summed E-state index contributed by atoms with van der Waals surface area (Å²) in [6, 6.07) is 6.05. The second-order valence-corrected chi connectivity index (χ2v) is 5.93. The Labute approximate surface area is 120 Å². The highest BCUT2D eigenvalue weighted by molar-refractivity contribution is 7.10. The zero-order valence-corrected chi connectivity index (χ0v) is 11.9. The normalized spacial score (nSPS) is 17.9. The van der Waals surface area contributed by atoms with Crippen LogP contribution in [0.2, 0.25) is 0 Å². The van der Waals surface area contributed by atoms with Crippen molar-refractivity contribution in [1.29, 1.82) is 0 Å². The first-order valence-corrected chi connectivity index (χ1v) is 7.35. The van der Waals surface area contributed by atoms with Gasteiger partial charge in [-0.3, -0.25) is 4.79 Å². The van der Waals surface area contributed by atoms with Crippen molar-refractivity contribution in [1.82, 2.24) is 4.90 Å². The van der Waals surface area contributed by atoms with Gasteiger partial charge in [-0.2, -0.15) is 0 Å². The summed E-state index contributed by atoms with van der Waals surface area (Å²) in [7, 11) is 0. The zero-order valence-electron chi connectivity index (χ0n) is 11.0. The van der Waals surface area contributed by atoms with Crippen LogP contribution < -0.4 is 0 Å². The van der Waals surface area contributed by atoms with E-state index in [0.717, 1.165) is 6.42 Å². The number of hydrogen-bond acceptors (Lipinski definition) is 4. The van der Waals surface area contributed by atoms with Crippen LogP contribution in [-0.2, 0) is 6.42 Å². The smallest absolute Gasteiger partial charge is 0.258 e. The van der Waals surface area contributed by atoms with Gasteiger partial charge in [0, 0.05) is 11.4 Å². The largest absolute Gasteiger partial charge is 0.508 e. The third kappa shape index (κ3) is 2.04. The van der Waals surface area contributed by atoms with Crippen LogP contribution in [0, 0.1) is 0 Å². The molecule has 1 atom stereocenters. The molecule has 4 nitrogen and oxygen atoms in total. The van der Waals surface area contributed by atoms with Gasteiger partial charge in [-0.05, 0) is 48.6 Å². The Morgan fingerprint density at radius 3 is 2.95 bits per heavy atom. The van der Waals surface area contributed by atoms with Crippen molar-refractivity contribution >= 4 is 17.2 Å². The van der Waals surface area contributed by atoms with Crippen LogP contribution in [0.1, 0.15) is 33.8 Å². The fourth-order valence-electron chi connectivity index (χ4n) is 2.64. The molecule has 0 spiro atoms. The number of rotatable bonds is 1. The van der Waals surface area contributed by atoms with Gasteiger partial charge in [-0.15, -0.1) is 11.3 Å². The Balaban J connectivity index is 1.94. The standard InChI is InChI=1S/C15H15NO3S/c1-9-11-5-7-20-14(11)4-6-16(9)15(19)12-8-10(17)2-3-13(12)18/h2-3,5,7-9,17-18H,4,6H2,1H3. The van der Waals surface area contributed by atoms with E-state index < -0.39 is 0 Å². The van der Waals surface area contributed by atoms with Crippen LogP contribution in [0.15, 0.2) is 29.6 Å². The Hall–Kier alpha value is -2.01. The molecule has 0 fully saturated rings. The molecule has 1 aromatic heterocycles. The third-order valence-electron chi connectivity index (χ3n) is 3.75. The molecule has 2 heterocycles. The molecular weight excluding hydrogens is 274 g/mol. The van der Waals surface area contributed by atoms with Crippen LogP contribution in [0.3, 0.4) is 0 Å². The number of amides is 1. The van der Waals surface area contributed by atoms with Crippen LogP contribution in [0.4, 0.5) is 0 Å². The first kappa shape index (κ1) is 13.0. The lowest BCUT2D eigenvalue weighted by atomic mass is 10.00. The molecule has 1 unspecified atom stereocenters. The molecule has 1 amide bonds. The summed E-state index contributed by atoms with van der Waals surface area (Å²) in [5, 5.41) is 21.4. The summed E-state index contributed by atoms with van der Waals surface area (Å²) in [5.74, 6) is -0.370. The van der Waals surface area contributed by atoms with Gasteiger partial charge in [-0.1, -0.05) is 0 Å². The third-order valence-corrected chi connectivity index (χ3v) is 4.75. The van der Waals surface area contributed by atoms with Crippen molar-refractivity contribution in [3.63, 3.8) is 0 Å². The van der Waals surface area contributed by atoms with E-state index in [9.17, 15) is 15.0 Å². The van der Waals surface area contributed by atoms with Gasteiger partial charge in [0.1, 0.15) is 11.5 Å². The molecule has 0 saturated heterocycles. The molecule has 1 aliphatic rings. The van der Waals surface area contributed by atoms with E-state index in [2.05, 4.69) is 0 Å². The fraction of sp³-hybridized carbons (Fsp3) is 0.267. The van der Waals surface area contributed by atoms with E-state index in [1.807, 2.05) is 18.4 Å². The van der Waals surface area contributed by atoms with Crippen molar-refractivity contribution in [2.24, 2.45) is 0 Å². The van der Waals surface area contributed by atoms with Gasteiger partial charge < -0.3 is 15.1 Å². The molecule has 0 aliphatic carbocycles. The van der Waals surface area contributed by atoms with E-state index in [1.54, 1.807) is 16.2 Å². The molecule has 2 N–H and O–H groups in total. The number of fused-ring (bicyclic) bond motifs is 1. The SMILES string of the molecule is CC1c2ccsc2CCN1C(=O)c1cc(O)ccc1O. The molecule has 0 bridgehead atoms. The van der Waals surface area contributed by atoms with Gasteiger partial charge in [0.15, 0.2) is 0 Å². The van der Waals surface area contributed by atoms with Gasteiger partial charge >= 0.3 is 0 Å². The number of benzene rings is 1.